The topological polar surface area (TPSA) is 111 Å². The molecule has 1 heterocycles. The average Bonchev–Trinajstić information content (AvgIpc) is 3.17. The fraction of sp³-hybridized carbons (Fsp3) is 0.0476. The van der Waals surface area contributed by atoms with Crippen LogP contribution in [0.15, 0.2) is 64.0 Å². The van der Waals surface area contributed by atoms with E-state index in [0.717, 1.165) is 17.4 Å². The van der Waals surface area contributed by atoms with Crippen molar-refractivity contribution in [2.75, 3.05) is 7.11 Å². The molecular formula is C21H14ClN3O5. The first-order valence-electron chi connectivity index (χ1n) is 8.70. The van der Waals surface area contributed by atoms with Crippen molar-refractivity contribution < 1.29 is 19.2 Å². The number of aromatic nitrogens is 1. The van der Waals surface area contributed by atoms with Gasteiger partial charge in [-0.1, -0.05) is 11.6 Å². The van der Waals surface area contributed by atoms with Gasteiger partial charge in [0.2, 0.25) is 11.6 Å². The minimum absolute atomic E-state index is 0.122. The number of hydrogen-bond donors (Lipinski definition) is 1. The Hall–Kier alpha value is -3.91. The molecule has 0 aliphatic rings. The van der Waals surface area contributed by atoms with Gasteiger partial charge < -0.3 is 14.3 Å². The summed E-state index contributed by atoms with van der Waals surface area (Å²) in [6.07, 6.45) is 1.31. The van der Waals surface area contributed by atoms with E-state index in [2.05, 4.69) is 9.98 Å². The lowest BCUT2D eigenvalue weighted by atomic mass is 10.2. The normalized spacial score (nSPS) is 11.3. The molecule has 0 saturated carbocycles. The van der Waals surface area contributed by atoms with Crippen molar-refractivity contribution in [2.24, 2.45) is 4.99 Å². The van der Waals surface area contributed by atoms with Crippen LogP contribution in [-0.2, 0) is 0 Å². The van der Waals surface area contributed by atoms with Crippen LogP contribution in [0.2, 0.25) is 5.02 Å². The van der Waals surface area contributed by atoms with Crippen LogP contribution in [-0.4, -0.2) is 28.3 Å². The highest BCUT2D eigenvalue weighted by molar-refractivity contribution is 6.31. The van der Waals surface area contributed by atoms with Crippen LogP contribution in [0.3, 0.4) is 0 Å². The van der Waals surface area contributed by atoms with Crippen molar-refractivity contribution >= 4 is 40.3 Å². The number of phenols is 1. The number of aliphatic imine (C=N–C) groups is 1. The molecule has 0 spiro atoms. The maximum absolute atomic E-state index is 11.0. The van der Waals surface area contributed by atoms with Crippen LogP contribution in [0.4, 0.5) is 11.4 Å². The Morgan fingerprint density at radius 3 is 2.67 bits per heavy atom. The molecule has 0 fully saturated rings. The van der Waals surface area contributed by atoms with Gasteiger partial charge in [0.15, 0.2) is 5.58 Å². The molecule has 150 valence electrons. The average molecular weight is 424 g/mol. The molecule has 30 heavy (non-hydrogen) atoms. The van der Waals surface area contributed by atoms with Gasteiger partial charge in [-0.25, -0.2) is 4.98 Å². The Bertz CT molecular complexity index is 1280. The number of nitro benzene ring substituents is 1. The van der Waals surface area contributed by atoms with E-state index < -0.39 is 16.4 Å². The second kappa shape index (κ2) is 7.84. The SMILES string of the molecule is COc1ccc(-c2nc3cc(N=Cc4cc(Cl)cc([N+](=O)[O-])c4O)ccc3o2)cc1. The number of fused-ring (bicyclic) bond motifs is 1. The highest BCUT2D eigenvalue weighted by Gasteiger charge is 2.17. The molecule has 0 aliphatic carbocycles. The first-order chi connectivity index (χ1) is 14.4. The summed E-state index contributed by atoms with van der Waals surface area (Å²) in [4.78, 5) is 19.1. The number of benzene rings is 3. The first-order valence-corrected chi connectivity index (χ1v) is 9.08. The molecule has 0 bridgehead atoms. The van der Waals surface area contributed by atoms with Crippen molar-refractivity contribution in [1.29, 1.82) is 0 Å². The van der Waals surface area contributed by atoms with E-state index in [0.29, 0.717) is 22.7 Å². The number of halogens is 1. The predicted molar refractivity (Wildman–Crippen MR) is 113 cm³/mol. The summed E-state index contributed by atoms with van der Waals surface area (Å²) in [6.45, 7) is 0. The number of aromatic hydroxyl groups is 1. The Kier molecular flexibility index (Phi) is 5.07. The van der Waals surface area contributed by atoms with Crippen molar-refractivity contribution in [3.05, 3.63) is 75.3 Å². The van der Waals surface area contributed by atoms with Gasteiger partial charge in [-0.15, -0.1) is 0 Å². The largest absolute Gasteiger partial charge is 0.502 e. The van der Waals surface area contributed by atoms with Crippen molar-refractivity contribution in [3.8, 4) is 23.0 Å². The smallest absolute Gasteiger partial charge is 0.312 e. The third-order valence-corrected chi connectivity index (χ3v) is 4.56. The Morgan fingerprint density at radius 2 is 1.97 bits per heavy atom. The van der Waals surface area contributed by atoms with E-state index in [4.69, 9.17) is 20.8 Å². The standard InChI is InChI=1S/C21H14ClN3O5/c1-29-16-5-2-12(3-6-16)21-24-17-10-15(4-7-19(17)30-21)23-11-13-8-14(22)9-18(20(13)26)25(27)28/h2-11,26H,1H3. The minimum atomic E-state index is -0.708. The molecule has 0 atom stereocenters. The van der Waals surface area contributed by atoms with Gasteiger partial charge in [0, 0.05) is 28.4 Å². The lowest BCUT2D eigenvalue weighted by Crippen LogP contribution is -1.92. The molecule has 3 aromatic carbocycles. The molecule has 4 aromatic rings. The minimum Gasteiger partial charge on any atom is -0.502 e. The zero-order chi connectivity index (χ0) is 21.3. The quantitative estimate of drug-likeness (QED) is 0.257. The summed E-state index contributed by atoms with van der Waals surface area (Å²) in [6, 6.07) is 14.9. The lowest BCUT2D eigenvalue weighted by molar-refractivity contribution is -0.385. The molecule has 1 aromatic heterocycles. The number of oxazole rings is 1. The van der Waals surface area contributed by atoms with Gasteiger partial charge in [-0.3, -0.25) is 15.1 Å². The van der Waals surface area contributed by atoms with E-state index >= 15 is 0 Å². The van der Waals surface area contributed by atoms with Crippen LogP contribution in [0.1, 0.15) is 5.56 Å². The number of ether oxygens (including phenoxy) is 1. The number of phenolic OH excluding ortho intramolecular Hbond substituents is 1. The Balaban J connectivity index is 1.65. The van der Waals surface area contributed by atoms with Gasteiger partial charge in [0.05, 0.1) is 17.7 Å². The lowest BCUT2D eigenvalue weighted by Gasteiger charge is -2.01. The molecule has 0 amide bonds. The number of methoxy groups -OCH3 is 1. The fourth-order valence-electron chi connectivity index (χ4n) is 2.84. The van der Waals surface area contributed by atoms with Gasteiger partial charge >= 0.3 is 5.69 Å². The third kappa shape index (κ3) is 3.81. The van der Waals surface area contributed by atoms with E-state index in [9.17, 15) is 15.2 Å². The molecule has 1 N–H and O–H groups in total. The monoisotopic (exact) mass is 423 g/mol. The molecular weight excluding hydrogens is 410 g/mol. The molecule has 0 radical (unpaired) electrons. The van der Waals surface area contributed by atoms with Crippen molar-refractivity contribution in [1.82, 2.24) is 4.98 Å². The van der Waals surface area contributed by atoms with Crippen LogP contribution in [0.5, 0.6) is 11.5 Å². The number of hydrogen-bond acceptors (Lipinski definition) is 7. The van der Waals surface area contributed by atoms with E-state index in [1.165, 1.54) is 12.3 Å². The molecule has 4 rings (SSSR count). The van der Waals surface area contributed by atoms with E-state index in [1.54, 1.807) is 25.3 Å². The molecule has 0 saturated heterocycles. The fourth-order valence-corrected chi connectivity index (χ4v) is 3.06. The molecule has 0 aliphatic heterocycles. The predicted octanol–water partition coefficient (Wildman–Crippen LogP) is 5.52. The highest BCUT2D eigenvalue weighted by Crippen LogP contribution is 2.33. The molecule has 0 unspecified atom stereocenters. The van der Waals surface area contributed by atoms with E-state index in [1.807, 2.05) is 24.3 Å². The number of nitro groups is 1. The Morgan fingerprint density at radius 1 is 1.20 bits per heavy atom. The summed E-state index contributed by atoms with van der Waals surface area (Å²) in [5, 5.41) is 21.2. The van der Waals surface area contributed by atoms with Gasteiger partial charge in [-0.05, 0) is 48.5 Å². The van der Waals surface area contributed by atoms with Crippen LogP contribution < -0.4 is 4.74 Å². The summed E-state index contributed by atoms with van der Waals surface area (Å²) in [5.74, 6) is 0.685. The first kappa shape index (κ1) is 19.4. The maximum Gasteiger partial charge on any atom is 0.312 e. The molecule has 9 heteroatoms. The second-order valence-corrected chi connectivity index (χ2v) is 6.71. The Labute approximate surface area is 175 Å². The summed E-state index contributed by atoms with van der Waals surface area (Å²) >= 11 is 5.90. The third-order valence-electron chi connectivity index (χ3n) is 4.34. The number of rotatable bonds is 5. The zero-order valence-corrected chi connectivity index (χ0v) is 16.3. The summed E-state index contributed by atoms with van der Waals surface area (Å²) in [5.41, 5.74) is 2.15. The zero-order valence-electron chi connectivity index (χ0n) is 15.6. The molecule has 8 nitrogen and oxygen atoms in total. The van der Waals surface area contributed by atoms with Crippen LogP contribution in [0, 0.1) is 10.1 Å². The van der Waals surface area contributed by atoms with E-state index in [-0.39, 0.29) is 10.6 Å². The summed E-state index contributed by atoms with van der Waals surface area (Å²) < 4.78 is 10.9. The van der Waals surface area contributed by atoms with Crippen LogP contribution >= 0.6 is 11.6 Å². The second-order valence-electron chi connectivity index (χ2n) is 6.28. The maximum atomic E-state index is 11.0. The summed E-state index contributed by atoms with van der Waals surface area (Å²) in [7, 11) is 1.60. The van der Waals surface area contributed by atoms with Crippen molar-refractivity contribution in [2.45, 2.75) is 0 Å². The number of nitrogens with zero attached hydrogens (tertiary/aromatic N) is 3. The van der Waals surface area contributed by atoms with Gasteiger partial charge in [0.1, 0.15) is 11.3 Å². The van der Waals surface area contributed by atoms with Gasteiger partial charge in [-0.2, -0.15) is 0 Å². The van der Waals surface area contributed by atoms with Crippen molar-refractivity contribution in [3.63, 3.8) is 0 Å². The van der Waals surface area contributed by atoms with Crippen LogP contribution in [0.25, 0.3) is 22.6 Å². The van der Waals surface area contributed by atoms with Gasteiger partial charge in [0.25, 0.3) is 0 Å². The highest BCUT2D eigenvalue weighted by atomic mass is 35.5.